The summed E-state index contributed by atoms with van der Waals surface area (Å²) in [6, 6.07) is 10.2. The monoisotopic (exact) mass is 445 g/mol. The van der Waals surface area contributed by atoms with Gasteiger partial charge in [-0.05, 0) is 36.5 Å². The van der Waals surface area contributed by atoms with E-state index in [0.29, 0.717) is 17.1 Å². The number of nitro groups is 1. The molecule has 2 aromatic rings. The van der Waals surface area contributed by atoms with Crippen molar-refractivity contribution in [3.8, 4) is 11.5 Å². The van der Waals surface area contributed by atoms with E-state index in [0.717, 1.165) is 16.8 Å². The van der Waals surface area contributed by atoms with Crippen LogP contribution in [0.4, 0.5) is 5.69 Å². The Balaban J connectivity index is 1.80. The highest BCUT2D eigenvalue weighted by molar-refractivity contribution is 8.26. The summed E-state index contributed by atoms with van der Waals surface area (Å²) in [6.07, 6.45) is 1.60. The maximum atomic E-state index is 12.8. The van der Waals surface area contributed by atoms with Crippen LogP contribution in [0.25, 0.3) is 6.08 Å². The summed E-state index contributed by atoms with van der Waals surface area (Å²) in [6.45, 7) is 0. The number of carbonyl (C=O) groups is 2. The SMILES string of the molecule is COc1cccc(C=C2SC(=S)N(NC(=O)c3ccc([N+](=O)[O-])cc3)C2=O)c1OC. The Morgan fingerprint density at radius 1 is 1.20 bits per heavy atom. The van der Waals surface area contributed by atoms with Crippen molar-refractivity contribution in [3.63, 3.8) is 0 Å². The number of nitro benzene ring substituents is 1. The molecule has 3 rings (SSSR count). The van der Waals surface area contributed by atoms with Crippen LogP contribution in [0.5, 0.6) is 11.5 Å². The molecular formula is C19H15N3O6S2. The Kier molecular flexibility index (Phi) is 6.33. The first-order valence-corrected chi connectivity index (χ1v) is 9.62. The standard InChI is InChI=1S/C19H15N3O6S2/c1-27-14-5-3-4-12(16(14)28-2)10-15-18(24)21(19(29)30-15)20-17(23)11-6-8-13(9-7-11)22(25)26/h3-10H,1-2H3,(H,20,23). The molecule has 0 atom stereocenters. The molecule has 1 saturated heterocycles. The highest BCUT2D eigenvalue weighted by Gasteiger charge is 2.34. The molecule has 154 valence electrons. The molecule has 1 fully saturated rings. The first-order valence-electron chi connectivity index (χ1n) is 8.40. The van der Waals surface area contributed by atoms with Gasteiger partial charge >= 0.3 is 0 Å². The molecule has 1 heterocycles. The van der Waals surface area contributed by atoms with E-state index in [4.69, 9.17) is 21.7 Å². The number of rotatable bonds is 6. The number of benzene rings is 2. The Labute approximate surface area is 180 Å². The number of thiocarbonyl (C=S) groups is 1. The predicted octanol–water partition coefficient (Wildman–Crippen LogP) is 3.16. The Hall–Kier alpha value is -3.44. The molecule has 9 nitrogen and oxygen atoms in total. The lowest BCUT2D eigenvalue weighted by atomic mass is 10.1. The number of carbonyl (C=O) groups excluding carboxylic acids is 2. The summed E-state index contributed by atoms with van der Waals surface area (Å²) in [5.74, 6) is -0.167. The van der Waals surface area contributed by atoms with E-state index in [2.05, 4.69) is 5.43 Å². The van der Waals surface area contributed by atoms with Crippen molar-refractivity contribution in [2.24, 2.45) is 0 Å². The summed E-state index contributed by atoms with van der Waals surface area (Å²) in [5, 5.41) is 11.7. The Bertz CT molecular complexity index is 1070. The quantitative estimate of drug-likeness (QED) is 0.312. The Morgan fingerprint density at radius 3 is 2.50 bits per heavy atom. The molecule has 1 N–H and O–H groups in total. The molecule has 0 bridgehead atoms. The summed E-state index contributed by atoms with van der Waals surface area (Å²) in [5.41, 5.74) is 3.04. The van der Waals surface area contributed by atoms with Crippen molar-refractivity contribution >= 4 is 51.9 Å². The van der Waals surface area contributed by atoms with Gasteiger partial charge in [0, 0.05) is 23.3 Å². The Morgan fingerprint density at radius 2 is 1.90 bits per heavy atom. The zero-order chi connectivity index (χ0) is 21.8. The maximum Gasteiger partial charge on any atom is 0.285 e. The number of hydrazine groups is 1. The fraction of sp³-hybridized carbons (Fsp3) is 0.105. The van der Waals surface area contributed by atoms with E-state index in [1.54, 1.807) is 24.3 Å². The van der Waals surface area contributed by atoms with Crippen molar-refractivity contribution in [2.45, 2.75) is 0 Å². The minimum atomic E-state index is -0.624. The first kappa shape index (κ1) is 21.3. The van der Waals surface area contributed by atoms with E-state index in [-0.39, 0.29) is 20.5 Å². The second kappa shape index (κ2) is 8.93. The molecule has 2 amide bonds. The van der Waals surface area contributed by atoms with Gasteiger partial charge in [-0.2, -0.15) is 5.01 Å². The van der Waals surface area contributed by atoms with Gasteiger partial charge in [0.2, 0.25) is 0 Å². The summed E-state index contributed by atoms with van der Waals surface area (Å²) in [4.78, 5) is 35.6. The van der Waals surface area contributed by atoms with Crippen molar-refractivity contribution in [1.82, 2.24) is 10.4 Å². The third-order valence-electron chi connectivity index (χ3n) is 4.07. The summed E-state index contributed by atoms with van der Waals surface area (Å²) >= 11 is 6.23. The van der Waals surface area contributed by atoms with Crippen LogP contribution in [0.3, 0.4) is 0 Å². The topological polar surface area (TPSA) is 111 Å². The minimum Gasteiger partial charge on any atom is -0.493 e. The summed E-state index contributed by atoms with van der Waals surface area (Å²) in [7, 11) is 3.00. The molecule has 11 heteroatoms. The zero-order valence-corrected chi connectivity index (χ0v) is 17.4. The molecule has 30 heavy (non-hydrogen) atoms. The largest absolute Gasteiger partial charge is 0.493 e. The minimum absolute atomic E-state index is 0.142. The molecule has 0 aliphatic carbocycles. The third-order valence-corrected chi connectivity index (χ3v) is 5.37. The second-order valence-corrected chi connectivity index (χ2v) is 7.52. The molecule has 2 aromatic carbocycles. The van der Waals surface area contributed by atoms with Crippen molar-refractivity contribution in [2.75, 3.05) is 14.2 Å². The van der Waals surface area contributed by atoms with Gasteiger partial charge in [-0.15, -0.1) is 0 Å². The smallest absolute Gasteiger partial charge is 0.285 e. The van der Waals surface area contributed by atoms with Crippen LogP contribution in [-0.2, 0) is 4.79 Å². The third kappa shape index (κ3) is 4.26. The molecule has 0 spiro atoms. The van der Waals surface area contributed by atoms with Crippen LogP contribution in [0.1, 0.15) is 15.9 Å². The lowest BCUT2D eigenvalue weighted by Gasteiger charge is -2.15. The molecule has 0 unspecified atom stereocenters. The number of nitrogens with zero attached hydrogens (tertiary/aromatic N) is 2. The van der Waals surface area contributed by atoms with Gasteiger partial charge in [0.25, 0.3) is 17.5 Å². The fourth-order valence-corrected chi connectivity index (χ4v) is 3.80. The predicted molar refractivity (Wildman–Crippen MR) is 115 cm³/mol. The van der Waals surface area contributed by atoms with E-state index in [1.807, 2.05) is 0 Å². The molecule has 1 aliphatic rings. The number of amides is 2. The number of methoxy groups -OCH3 is 2. The molecular weight excluding hydrogens is 430 g/mol. The van der Waals surface area contributed by atoms with Gasteiger partial charge in [-0.25, -0.2) is 0 Å². The fourth-order valence-electron chi connectivity index (χ4n) is 2.63. The molecule has 0 radical (unpaired) electrons. The van der Waals surface area contributed by atoms with Gasteiger partial charge < -0.3 is 9.47 Å². The van der Waals surface area contributed by atoms with Crippen LogP contribution in [0.2, 0.25) is 0 Å². The van der Waals surface area contributed by atoms with E-state index < -0.39 is 16.7 Å². The van der Waals surface area contributed by atoms with Crippen LogP contribution in [0.15, 0.2) is 47.4 Å². The normalized spacial score (nSPS) is 14.7. The van der Waals surface area contributed by atoms with E-state index >= 15 is 0 Å². The average Bonchev–Trinajstić information content (AvgIpc) is 3.00. The molecule has 0 aromatic heterocycles. The van der Waals surface area contributed by atoms with Crippen molar-refractivity contribution < 1.29 is 24.0 Å². The molecule has 0 saturated carbocycles. The first-order chi connectivity index (χ1) is 14.3. The van der Waals surface area contributed by atoms with Crippen LogP contribution >= 0.6 is 24.0 Å². The summed E-state index contributed by atoms with van der Waals surface area (Å²) < 4.78 is 10.8. The van der Waals surface area contributed by atoms with Gasteiger partial charge in [-0.1, -0.05) is 23.9 Å². The lowest BCUT2D eigenvalue weighted by Crippen LogP contribution is -2.44. The zero-order valence-electron chi connectivity index (χ0n) is 15.8. The van der Waals surface area contributed by atoms with Crippen LogP contribution in [-0.4, -0.2) is 40.3 Å². The number of hydrogen-bond donors (Lipinski definition) is 1. The van der Waals surface area contributed by atoms with Gasteiger partial charge in [0.1, 0.15) is 0 Å². The van der Waals surface area contributed by atoms with Crippen LogP contribution in [0, 0.1) is 10.1 Å². The van der Waals surface area contributed by atoms with Crippen molar-refractivity contribution in [1.29, 1.82) is 0 Å². The highest BCUT2D eigenvalue weighted by atomic mass is 32.2. The number of non-ortho nitro benzene ring substituents is 1. The lowest BCUT2D eigenvalue weighted by molar-refractivity contribution is -0.384. The highest BCUT2D eigenvalue weighted by Crippen LogP contribution is 2.36. The van der Waals surface area contributed by atoms with Gasteiger partial charge in [0.15, 0.2) is 15.8 Å². The number of nitrogens with one attached hydrogen (secondary N) is 1. The van der Waals surface area contributed by atoms with Gasteiger partial charge in [0.05, 0.1) is 24.0 Å². The number of para-hydroxylation sites is 1. The van der Waals surface area contributed by atoms with E-state index in [1.165, 1.54) is 38.5 Å². The number of hydrogen-bond acceptors (Lipinski definition) is 8. The van der Waals surface area contributed by atoms with Gasteiger partial charge in [-0.3, -0.25) is 25.1 Å². The van der Waals surface area contributed by atoms with Crippen molar-refractivity contribution in [3.05, 3.63) is 68.6 Å². The number of ether oxygens (including phenoxy) is 2. The van der Waals surface area contributed by atoms with E-state index in [9.17, 15) is 19.7 Å². The molecule has 1 aliphatic heterocycles. The maximum absolute atomic E-state index is 12.8. The average molecular weight is 445 g/mol. The number of thioether (sulfide) groups is 1. The van der Waals surface area contributed by atoms with Crippen LogP contribution < -0.4 is 14.9 Å². The second-order valence-electron chi connectivity index (χ2n) is 5.84.